The molecule has 0 saturated carbocycles. The minimum atomic E-state index is -0.258. The first-order chi connectivity index (χ1) is 11.6. The molecule has 0 saturated heterocycles. The Kier molecular flexibility index (Phi) is 5.35. The van der Waals surface area contributed by atoms with Gasteiger partial charge in [0.25, 0.3) is 0 Å². The van der Waals surface area contributed by atoms with E-state index in [9.17, 15) is 9.18 Å². The van der Waals surface area contributed by atoms with Gasteiger partial charge in [0.1, 0.15) is 19.0 Å². The van der Waals surface area contributed by atoms with Crippen molar-refractivity contribution in [2.45, 2.75) is 12.8 Å². The molecule has 0 aromatic heterocycles. The first kappa shape index (κ1) is 16.8. The highest BCUT2D eigenvalue weighted by molar-refractivity contribution is 9.10. The van der Waals surface area contributed by atoms with Crippen molar-refractivity contribution in [1.29, 1.82) is 0 Å². The van der Waals surface area contributed by atoms with Crippen LogP contribution in [0.5, 0.6) is 11.5 Å². The van der Waals surface area contributed by atoms with E-state index in [2.05, 4.69) is 21.2 Å². The minimum Gasteiger partial charge on any atom is -0.486 e. The average molecular weight is 394 g/mol. The summed E-state index contributed by atoms with van der Waals surface area (Å²) in [5.41, 5.74) is 1.83. The van der Waals surface area contributed by atoms with E-state index in [0.29, 0.717) is 37.7 Å². The molecule has 0 fully saturated rings. The van der Waals surface area contributed by atoms with Gasteiger partial charge in [-0.25, -0.2) is 4.39 Å². The Morgan fingerprint density at radius 1 is 1.12 bits per heavy atom. The number of amides is 1. The van der Waals surface area contributed by atoms with Crippen molar-refractivity contribution in [3.63, 3.8) is 0 Å². The summed E-state index contributed by atoms with van der Waals surface area (Å²) < 4.78 is 24.7. The van der Waals surface area contributed by atoms with E-state index in [1.165, 1.54) is 12.1 Å². The van der Waals surface area contributed by atoms with Gasteiger partial charge in [-0.1, -0.05) is 28.1 Å². The molecule has 0 unspecified atom stereocenters. The number of benzene rings is 2. The SMILES string of the molecule is O=C(Cc1cc2c(cc1Br)OCCO2)NCCc1ccc(F)cc1. The molecule has 24 heavy (non-hydrogen) atoms. The Balaban J connectivity index is 1.54. The molecule has 0 atom stereocenters. The van der Waals surface area contributed by atoms with Crippen LogP contribution >= 0.6 is 15.9 Å². The molecule has 0 radical (unpaired) electrons. The van der Waals surface area contributed by atoms with Crippen molar-refractivity contribution in [2.75, 3.05) is 19.8 Å². The lowest BCUT2D eigenvalue weighted by molar-refractivity contribution is -0.120. The van der Waals surface area contributed by atoms with Crippen LogP contribution in [0.2, 0.25) is 0 Å². The van der Waals surface area contributed by atoms with Crippen molar-refractivity contribution in [2.24, 2.45) is 0 Å². The maximum absolute atomic E-state index is 12.8. The van der Waals surface area contributed by atoms with E-state index < -0.39 is 0 Å². The third-order valence-electron chi connectivity index (χ3n) is 3.71. The van der Waals surface area contributed by atoms with Crippen LogP contribution in [0.3, 0.4) is 0 Å². The molecule has 4 nitrogen and oxygen atoms in total. The van der Waals surface area contributed by atoms with E-state index in [-0.39, 0.29) is 18.1 Å². The number of carbonyl (C=O) groups excluding carboxylic acids is 1. The monoisotopic (exact) mass is 393 g/mol. The minimum absolute atomic E-state index is 0.0745. The first-order valence-electron chi connectivity index (χ1n) is 7.71. The second kappa shape index (κ2) is 7.66. The third-order valence-corrected chi connectivity index (χ3v) is 4.45. The summed E-state index contributed by atoms with van der Waals surface area (Å²) in [5, 5.41) is 2.88. The number of halogens is 2. The van der Waals surface area contributed by atoms with Gasteiger partial charge in [-0.15, -0.1) is 0 Å². The highest BCUT2D eigenvalue weighted by Crippen LogP contribution is 2.35. The molecule has 0 aliphatic carbocycles. The zero-order valence-corrected chi connectivity index (χ0v) is 14.6. The van der Waals surface area contributed by atoms with Crippen molar-refractivity contribution in [3.8, 4) is 11.5 Å². The topological polar surface area (TPSA) is 47.6 Å². The van der Waals surface area contributed by atoms with Crippen LogP contribution < -0.4 is 14.8 Å². The lowest BCUT2D eigenvalue weighted by Gasteiger charge is -2.19. The van der Waals surface area contributed by atoms with Crippen molar-refractivity contribution in [3.05, 3.63) is 57.8 Å². The number of fused-ring (bicyclic) bond motifs is 1. The third kappa shape index (κ3) is 4.26. The molecule has 1 amide bonds. The maximum Gasteiger partial charge on any atom is 0.224 e. The molecule has 1 heterocycles. The fourth-order valence-corrected chi connectivity index (χ4v) is 2.94. The second-order valence-electron chi connectivity index (χ2n) is 5.49. The molecular formula is C18H17BrFNO3. The summed E-state index contributed by atoms with van der Waals surface area (Å²) >= 11 is 3.46. The van der Waals surface area contributed by atoms with E-state index in [1.807, 2.05) is 12.1 Å². The Labute approximate surface area is 148 Å². The molecule has 1 N–H and O–H groups in total. The van der Waals surface area contributed by atoms with E-state index in [4.69, 9.17) is 9.47 Å². The fourth-order valence-electron chi connectivity index (χ4n) is 2.47. The molecule has 0 spiro atoms. The summed E-state index contributed by atoms with van der Waals surface area (Å²) in [6.45, 7) is 1.55. The van der Waals surface area contributed by atoms with Crippen molar-refractivity contribution < 1.29 is 18.7 Å². The van der Waals surface area contributed by atoms with E-state index >= 15 is 0 Å². The maximum atomic E-state index is 12.8. The fraction of sp³-hybridized carbons (Fsp3) is 0.278. The molecule has 126 valence electrons. The first-order valence-corrected chi connectivity index (χ1v) is 8.50. The number of rotatable bonds is 5. The van der Waals surface area contributed by atoms with Gasteiger partial charge in [-0.3, -0.25) is 4.79 Å². The van der Waals surface area contributed by atoms with Gasteiger partial charge in [0.15, 0.2) is 11.5 Å². The number of ether oxygens (including phenoxy) is 2. The van der Waals surface area contributed by atoms with Crippen molar-refractivity contribution >= 4 is 21.8 Å². The Bertz CT molecular complexity index is 734. The molecule has 2 aromatic rings. The quantitative estimate of drug-likeness (QED) is 0.847. The standard InChI is InChI=1S/C18H17BrFNO3/c19-15-11-17-16(23-7-8-24-17)9-13(15)10-18(22)21-6-5-12-1-3-14(20)4-2-12/h1-4,9,11H,5-8,10H2,(H,21,22). The van der Waals surface area contributed by atoms with Crippen LogP contribution in [-0.2, 0) is 17.6 Å². The Hall–Kier alpha value is -2.08. The summed E-state index contributed by atoms with van der Waals surface area (Å²) in [4.78, 5) is 12.1. The van der Waals surface area contributed by atoms with Crippen LogP contribution in [0.1, 0.15) is 11.1 Å². The number of nitrogens with one attached hydrogen (secondary N) is 1. The van der Waals surface area contributed by atoms with Gasteiger partial charge in [0.2, 0.25) is 5.91 Å². The smallest absolute Gasteiger partial charge is 0.224 e. The molecule has 0 bridgehead atoms. The van der Waals surface area contributed by atoms with Gasteiger partial charge in [-0.05, 0) is 41.8 Å². The zero-order valence-electron chi connectivity index (χ0n) is 13.0. The predicted molar refractivity (Wildman–Crippen MR) is 91.9 cm³/mol. The summed E-state index contributed by atoms with van der Waals surface area (Å²) in [6, 6.07) is 9.94. The molecule has 1 aliphatic heterocycles. The molecular weight excluding hydrogens is 377 g/mol. The molecule has 6 heteroatoms. The number of hydrogen-bond acceptors (Lipinski definition) is 3. The van der Waals surface area contributed by atoms with Crippen LogP contribution in [0.15, 0.2) is 40.9 Å². The van der Waals surface area contributed by atoms with Crippen LogP contribution in [0, 0.1) is 5.82 Å². The van der Waals surface area contributed by atoms with Gasteiger partial charge in [-0.2, -0.15) is 0 Å². The number of carbonyl (C=O) groups is 1. The van der Waals surface area contributed by atoms with Gasteiger partial charge < -0.3 is 14.8 Å². The normalized spacial score (nSPS) is 12.8. The van der Waals surface area contributed by atoms with E-state index in [1.54, 1.807) is 12.1 Å². The Morgan fingerprint density at radius 2 is 1.79 bits per heavy atom. The lowest BCUT2D eigenvalue weighted by Crippen LogP contribution is -2.27. The Morgan fingerprint density at radius 3 is 2.50 bits per heavy atom. The van der Waals surface area contributed by atoms with Crippen LogP contribution in [0.4, 0.5) is 4.39 Å². The summed E-state index contributed by atoms with van der Waals surface area (Å²) in [5.74, 6) is 1.02. The molecule has 2 aromatic carbocycles. The molecule has 3 rings (SSSR count). The van der Waals surface area contributed by atoms with Gasteiger partial charge in [0, 0.05) is 11.0 Å². The largest absolute Gasteiger partial charge is 0.486 e. The van der Waals surface area contributed by atoms with Crippen LogP contribution in [0.25, 0.3) is 0 Å². The highest BCUT2D eigenvalue weighted by atomic mass is 79.9. The lowest BCUT2D eigenvalue weighted by atomic mass is 10.1. The zero-order chi connectivity index (χ0) is 16.9. The highest BCUT2D eigenvalue weighted by Gasteiger charge is 2.16. The molecule has 1 aliphatic rings. The average Bonchev–Trinajstić information content (AvgIpc) is 2.57. The number of hydrogen-bond donors (Lipinski definition) is 1. The predicted octanol–water partition coefficient (Wildman–Crippen LogP) is 3.26. The van der Waals surface area contributed by atoms with Crippen LogP contribution in [-0.4, -0.2) is 25.7 Å². The summed E-state index contributed by atoms with van der Waals surface area (Å²) in [7, 11) is 0. The van der Waals surface area contributed by atoms with Gasteiger partial charge >= 0.3 is 0 Å². The second-order valence-corrected chi connectivity index (χ2v) is 6.34. The van der Waals surface area contributed by atoms with E-state index in [0.717, 1.165) is 15.6 Å². The summed E-state index contributed by atoms with van der Waals surface area (Å²) in [6.07, 6.45) is 0.912. The van der Waals surface area contributed by atoms with Gasteiger partial charge in [0.05, 0.1) is 6.42 Å². The van der Waals surface area contributed by atoms with Crippen molar-refractivity contribution in [1.82, 2.24) is 5.32 Å².